The van der Waals surface area contributed by atoms with Crippen LogP contribution in [0.25, 0.3) is 0 Å². The highest BCUT2D eigenvalue weighted by Gasteiger charge is 2.47. The zero-order valence-corrected chi connectivity index (χ0v) is 15.7. The molecule has 1 aliphatic heterocycles. The Morgan fingerprint density at radius 1 is 1.17 bits per heavy atom. The number of halogens is 3. The molecule has 1 aromatic heterocycles. The molecule has 2 atom stereocenters. The SMILES string of the molecule is CC(c1ccnc(N)c1)C1NC(=O)N(c2ccc(S(=O)(=O)C(F)(F)F)cc2)C1=O. The van der Waals surface area contributed by atoms with Crippen molar-refractivity contribution in [2.75, 3.05) is 10.6 Å². The molecule has 2 heterocycles. The normalized spacial score (nSPS) is 18.6. The third-order valence-electron chi connectivity index (χ3n) is 4.51. The number of rotatable bonds is 4. The highest BCUT2D eigenvalue weighted by atomic mass is 32.2. The first-order valence-corrected chi connectivity index (χ1v) is 9.69. The second kappa shape index (κ2) is 7.03. The summed E-state index contributed by atoms with van der Waals surface area (Å²) in [4.78, 5) is 28.7. The molecule has 12 heteroatoms. The van der Waals surface area contributed by atoms with Crippen molar-refractivity contribution >= 4 is 33.3 Å². The van der Waals surface area contributed by atoms with Crippen molar-refractivity contribution in [1.82, 2.24) is 10.3 Å². The second-order valence-electron chi connectivity index (χ2n) is 6.35. The van der Waals surface area contributed by atoms with E-state index in [9.17, 15) is 31.2 Å². The van der Waals surface area contributed by atoms with Crippen LogP contribution < -0.4 is 16.0 Å². The van der Waals surface area contributed by atoms with E-state index in [2.05, 4.69) is 10.3 Å². The summed E-state index contributed by atoms with van der Waals surface area (Å²) < 4.78 is 60.8. The number of pyridine rings is 1. The first kappa shape index (κ1) is 20.6. The van der Waals surface area contributed by atoms with Gasteiger partial charge >= 0.3 is 11.5 Å². The summed E-state index contributed by atoms with van der Waals surface area (Å²) in [7, 11) is -5.53. The molecule has 1 aliphatic rings. The average molecular weight is 428 g/mol. The molecule has 0 bridgehead atoms. The standard InChI is InChI=1S/C17H15F3N4O4S/c1-9(10-6-7-22-13(21)8-10)14-15(25)24(16(26)23-14)11-2-4-12(5-3-11)29(27,28)17(18,19)20/h2-9,14H,1H3,(H2,21,22)(H,23,26). The van der Waals surface area contributed by atoms with Crippen LogP contribution in [0.1, 0.15) is 18.4 Å². The van der Waals surface area contributed by atoms with Gasteiger partial charge in [-0.15, -0.1) is 0 Å². The maximum absolute atomic E-state index is 12.8. The third-order valence-corrected chi connectivity index (χ3v) is 6.01. The van der Waals surface area contributed by atoms with E-state index in [0.29, 0.717) is 17.7 Å². The highest BCUT2D eigenvalue weighted by molar-refractivity contribution is 7.92. The van der Waals surface area contributed by atoms with Gasteiger partial charge in [-0.1, -0.05) is 6.92 Å². The van der Waals surface area contributed by atoms with Crippen molar-refractivity contribution in [3.8, 4) is 0 Å². The number of sulfone groups is 1. The smallest absolute Gasteiger partial charge is 0.384 e. The van der Waals surface area contributed by atoms with Gasteiger partial charge in [-0.05, 0) is 42.0 Å². The van der Waals surface area contributed by atoms with Crippen LogP contribution in [-0.2, 0) is 14.6 Å². The molecule has 154 valence electrons. The Bertz CT molecular complexity index is 1070. The first-order chi connectivity index (χ1) is 13.4. The minimum Gasteiger partial charge on any atom is -0.384 e. The number of nitrogens with one attached hydrogen (secondary N) is 1. The molecular formula is C17H15F3N4O4S. The molecular weight excluding hydrogens is 413 g/mol. The minimum absolute atomic E-state index is 0.0578. The number of urea groups is 1. The monoisotopic (exact) mass is 428 g/mol. The molecule has 3 amide bonds. The molecule has 1 aromatic carbocycles. The van der Waals surface area contributed by atoms with Crippen molar-refractivity contribution in [3.63, 3.8) is 0 Å². The van der Waals surface area contributed by atoms with Gasteiger partial charge < -0.3 is 11.1 Å². The van der Waals surface area contributed by atoms with Crippen LogP contribution in [0.2, 0.25) is 0 Å². The predicted octanol–water partition coefficient (Wildman–Crippen LogP) is 2.19. The van der Waals surface area contributed by atoms with E-state index in [1.54, 1.807) is 19.1 Å². The van der Waals surface area contributed by atoms with E-state index in [-0.39, 0.29) is 11.5 Å². The maximum Gasteiger partial charge on any atom is 0.501 e. The fourth-order valence-corrected chi connectivity index (χ4v) is 3.69. The lowest BCUT2D eigenvalue weighted by atomic mass is 9.94. The number of nitrogen functional groups attached to an aromatic ring is 1. The summed E-state index contributed by atoms with van der Waals surface area (Å²) in [6, 6.07) is 4.80. The Labute approximate surface area is 163 Å². The Morgan fingerprint density at radius 3 is 2.34 bits per heavy atom. The van der Waals surface area contributed by atoms with E-state index in [4.69, 9.17) is 5.73 Å². The number of hydrogen-bond donors (Lipinski definition) is 2. The molecule has 1 saturated heterocycles. The largest absolute Gasteiger partial charge is 0.501 e. The number of hydrogen-bond acceptors (Lipinski definition) is 6. The summed E-state index contributed by atoms with van der Waals surface area (Å²) in [6.45, 7) is 1.69. The van der Waals surface area contributed by atoms with Crippen LogP contribution in [0.4, 0.5) is 29.5 Å². The Kier molecular flexibility index (Phi) is 4.99. The van der Waals surface area contributed by atoms with Crippen LogP contribution in [0, 0.1) is 0 Å². The van der Waals surface area contributed by atoms with E-state index in [1.807, 2.05) is 0 Å². The predicted molar refractivity (Wildman–Crippen MR) is 96.6 cm³/mol. The van der Waals surface area contributed by atoms with Crippen molar-refractivity contribution in [3.05, 3.63) is 48.2 Å². The second-order valence-corrected chi connectivity index (χ2v) is 8.29. The fraction of sp³-hybridized carbons (Fsp3) is 0.235. The number of aromatic nitrogens is 1. The number of carbonyl (C=O) groups is 2. The Hall–Kier alpha value is -3.15. The Morgan fingerprint density at radius 2 is 1.79 bits per heavy atom. The summed E-state index contributed by atoms with van der Waals surface area (Å²) >= 11 is 0. The molecule has 0 spiro atoms. The number of amides is 3. The van der Waals surface area contributed by atoms with Gasteiger partial charge in [0.05, 0.1) is 10.6 Å². The molecule has 29 heavy (non-hydrogen) atoms. The van der Waals surface area contributed by atoms with E-state index >= 15 is 0 Å². The van der Waals surface area contributed by atoms with Crippen LogP contribution >= 0.6 is 0 Å². The number of anilines is 2. The van der Waals surface area contributed by atoms with Gasteiger partial charge in [-0.2, -0.15) is 13.2 Å². The number of carbonyl (C=O) groups excluding carboxylic acids is 2. The Balaban J connectivity index is 1.87. The topological polar surface area (TPSA) is 122 Å². The first-order valence-electron chi connectivity index (χ1n) is 8.21. The van der Waals surface area contributed by atoms with E-state index < -0.39 is 44.1 Å². The summed E-state index contributed by atoms with van der Waals surface area (Å²) in [5.41, 5.74) is 0.775. The maximum atomic E-state index is 12.8. The summed E-state index contributed by atoms with van der Waals surface area (Å²) in [5, 5.41) is 2.52. The fourth-order valence-electron chi connectivity index (χ4n) is 2.93. The lowest BCUT2D eigenvalue weighted by molar-refractivity contribution is -0.118. The van der Waals surface area contributed by atoms with Crippen LogP contribution in [-0.4, -0.2) is 36.9 Å². The van der Waals surface area contributed by atoms with Crippen molar-refractivity contribution in [1.29, 1.82) is 0 Å². The number of imide groups is 1. The van der Waals surface area contributed by atoms with Crippen molar-refractivity contribution < 1.29 is 31.2 Å². The van der Waals surface area contributed by atoms with Gasteiger partial charge in [-0.25, -0.2) is 23.1 Å². The van der Waals surface area contributed by atoms with Gasteiger partial charge in [0.2, 0.25) is 0 Å². The summed E-state index contributed by atoms with van der Waals surface area (Å²) in [6.07, 6.45) is 1.46. The van der Waals surface area contributed by atoms with Crippen LogP contribution in [0.3, 0.4) is 0 Å². The molecule has 8 nitrogen and oxygen atoms in total. The number of nitrogens with zero attached hydrogens (tertiary/aromatic N) is 2. The molecule has 0 saturated carbocycles. The lowest BCUT2D eigenvalue weighted by Gasteiger charge is -2.18. The van der Waals surface area contributed by atoms with E-state index in [0.717, 1.165) is 17.0 Å². The highest BCUT2D eigenvalue weighted by Crippen LogP contribution is 2.32. The molecule has 1 fully saturated rings. The molecule has 0 radical (unpaired) electrons. The molecule has 2 unspecified atom stereocenters. The van der Waals surface area contributed by atoms with Crippen LogP contribution in [0.5, 0.6) is 0 Å². The molecule has 0 aliphatic carbocycles. The third kappa shape index (κ3) is 3.62. The molecule has 3 rings (SSSR count). The van der Waals surface area contributed by atoms with Crippen molar-refractivity contribution in [2.24, 2.45) is 0 Å². The van der Waals surface area contributed by atoms with Crippen LogP contribution in [0.15, 0.2) is 47.5 Å². The van der Waals surface area contributed by atoms with Gasteiger partial charge in [0.15, 0.2) is 0 Å². The quantitative estimate of drug-likeness (QED) is 0.720. The number of nitrogens with two attached hydrogens (primary N) is 1. The summed E-state index contributed by atoms with van der Waals surface area (Å²) in [5.74, 6) is -0.861. The van der Waals surface area contributed by atoms with Crippen molar-refractivity contribution in [2.45, 2.75) is 29.3 Å². The van der Waals surface area contributed by atoms with Gasteiger partial charge in [0.1, 0.15) is 11.9 Å². The average Bonchev–Trinajstić information content (AvgIpc) is 2.94. The zero-order chi connectivity index (χ0) is 21.6. The number of alkyl halides is 3. The number of benzene rings is 1. The van der Waals surface area contributed by atoms with Gasteiger partial charge in [-0.3, -0.25) is 4.79 Å². The molecule has 3 N–H and O–H groups in total. The zero-order valence-electron chi connectivity index (χ0n) is 14.8. The van der Waals surface area contributed by atoms with Gasteiger partial charge in [0, 0.05) is 12.1 Å². The molecule has 2 aromatic rings. The van der Waals surface area contributed by atoms with E-state index in [1.165, 1.54) is 6.20 Å². The van der Waals surface area contributed by atoms with Gasteiger partial charge in [0.25, 0.3) is 15.7 Å². The lowest BCUT2D eigenvalue weighted by Crippen LogP contribution is -2.35. The minimum atomic E-state index is -5.53.